The lowest BCUT2D eigenvalue weighted by molar-refractivity contribution is -0.116. The first kappa shape index (κ1) is 18.2. The molecule has 0 aliphatic rings. The van der Waals surface area contributed by atoms with Crippen LogP contribution in [0.2, 0.25) is 0 Å². The van der Waals surface area contributed by atoms with Gasteiger partial charge in [-0.05, 0) is 42.8 Å². The van der Waals surface area contributed by atoms with Crippen LogP contribution in [0.3, 0.4) is 0 Å². The number of amides is 1. The van der Waals surface area contributed by atoms with E-state index >= 15 is 0 Å². The Morgan fingerprint density at radius 3 is 2.48 bits per heavy atom. The van der Waals surface area contributed by atoms with Crippen molar-refractivity contribution < 1.29 is 9.18 Å². The van der Waals surface area contributed by atoms with Crippen molar-refractivity contribution in [3.63, 3.8) is 0 Å². The van der Waals surface area contributed by atoms with Gasteiger partial charge in [-0.2, -0.15) is 5.26 Å². The molecule has 27 heavy (non-hydrogen) atoms. The Balaban J connectivity index is 1.83. The van der Waals surface area contributed by atoms with E-state index < -0.39 is 0 Å². The molecule has 1 amide bonds. The van der Waals surface area contributed by atoms with Crippen LogP contribution in [0.4, 0.5) is 15.8 Å². The molecule has 3 rings (SSSR count). The number of anilines is 2. The average Bonchev–Trinajstić information content (AvgIpc) is 2.94. The zero-order valence-electron chi connectivity index (χ0n) is 14.9. The molecule has 0 spiro atoms. The molecule has 0 aliphatic heterocycles. The minimum Gasteiger partial charge on any atom is -0.397 e. The zero-order chi connectivity index (χ0) is 19.4. The Kier molecular flexibility index (Phi) is 5.23. The first-order chi connectivity index (χ1) is 13.0. The van der Waals surface area contributed by atoms with Gasteiger partial charge in [-0.15, -0.1) is 0 Å². The summed E-state index contributed by atoms with van der Waals surface area (Å²) in [5.74, 6) is -0.697. The number of nitrogen functional groups attached to an aromatic ring is 1. The second-order valence-corrected chi connectivity index (χ2v) is 6.35. The number of hydrogen-bond donors (Lipinski definition) is 2. The van der Waals surface area contributed by atoms with Crippen LogP contribution in [0.5, 0.6) is 0 Å². The van der Waals surface area contributed by atoms with Crippen molar-refractivity contribution in [2.75, 3.05) is 11.1 Å². The third kappa shape index (κ3) is 4.33. The molecular weight excluding hydrogens is 343 g/mol. The van der Waals surface area contributed by atoms with Gasteiger partial charge in [0, 0.05) is 17.8 Å². The number of carbonyl (C=O) groups is 1. The number of halogens is 1. The fraction of sp³-hybridized carbons (Fsp3) is 0.143. The number of rotatable bonds is 5. The van der Waals surface area contributed by atoms with E-state index in [1.54, 1.807) is 10.6 Å². The molecule has 1 aromatic heterocycles. The molecule has 5 nitrogen and oxygen atoms in total. The van der Waals surface area contributed by atoms with E-state index in [-0.39, 0.29) is 18.3 Å². The van der Waals surface area contributed by atoms with Crippen LogP contribution in [-0.4, -0.2) is 10.5 Å². The third-order valence-corrected chi connectivity index (χ3v) is 4.28. The Labute approximate surface area is 156 Å². The van der Waals surface area contributed by atoms with Crippen LogP contribution in [0.25, 0.3) is 0 Å². The van der Waals surface area contributed by atoms with Crippen molar-refractivity contribution >= 4 is 17.3 Å². The van der Waals surface area contributed by atoms with Gasteiger partial charge >= 0.3 is 0 Å². The monoisotopic (exact) mass is 362 g/mol. The topological polar surface area (TPSA) is 83.8 Å². The predicted octanol–water partition coefficient (Wildman–Crippen LogP) is 3.62. The fourth-order valence-electron chi connectivity index (χ4n) is 2.86. The molecule has 2 aromatic carbocycles. The standard InChI is InChI=1S/C21H19FN4O/c1-14-2-4-15(5-3-14)10-20-19(24)11-18(12-23)26(20)13-21(27)25-17-8-6-16(22)7-9-17/h2-9,11H,10,13,24H2,1H3,(H,25,27). The van der Waals surface area contributed by atoms with Crippen LogP contribution < -0.4 is 11.1 Å². The predicted molar refractivity (Wildman–Crippen MR) is 103 cm³/mol. The summed E-state index contributed by atoms with van der Waals surface area (Å²) in [6.45, 7) is 1.95. The van der Waals surface area contributed by atoms with Gasteiger partial charge in [-0.3, -0.25) is 4.79 Å². The average molecular weight is 362 g/mol. The molecule has 0 saturated heterocycles. The van der Waals surface area contributed by atoms with Gasteiger partial charge in [0.05, 0.1) is 5.69 Å². The van der Waals surface area contributed by atoms with E-state index in [1.165, 1.54) is 24.3 Å². The number of aryl methyl sites for hydroxylation is 1. The summed E-state index contributed by atoms with van der Waals surface area (Å²) >= 11 is 0. The molecule has 0 fully saturated rings. The molecule has 3 N–H and O–H groups in total. The maximum Gasteiger partial charge on any atom is 0.244 e. The van der Waals surface area contributed by atoms with Gasteiger partial charge < -0.3 is 15.6 Å². The quantitative estimate of drug-likeness (QED) is 0.727. The first-order valence-electron chi connectivity index (χ1n) is 8.45. The maximum atomic E-state index is 13.0. The molecule has 0 aliphatic carbocycles. The van der Waals surface area contributed by atoms with Gasteiger partial charge in [-0.25, -0.2) is 4.39 Å². The lowest BCUT2D eigenvalue weighted by Crippen LogP contribution is -2.21. The number of hydrogen-bond acceptors (Lipinski definition) is 3. The molecular formula is C21H19FN4O. The van der Waals surface area contributed by atoms with E-state index in [1.807, 2.05) is 31.2 Å². The second kappa shape index (κ2) is 7.75. The zero-order valence-corrected chi connectivity index (χ0v) is 14.9. The number of nitrogens with zero attached hydrogens (tertiary/aromatic N) is 2. The van der Waals surface area contributed by atoms with E-state index in [9.17, 15) is 14.4 Å². The summed E-state index contributed by atoms with van der Waals surface area (Å²) in [6.07, 6.45) is 0.512. The van der Waals surface area contributed by atoms with Crippen molar-refractivity contribution in [2.24, 2.45) is 0 Å². The van der Waals surface area contributed by atoms with Gasteiger partial charge in [0.2, 0.25) is 5.91 Å². The molecule has 0 saturated carbocycles. The van der Waals surface area contributed by atoms with Crippen molar-refractivity contribution in [1.82, 2.24) is 4.57 Å². The van der Waals surface area contributed by atoms with Crippen LogP contribution in [0, 0.1) is 24.1 Å². The van der Waals surface area contributed by atoms with Gasteiger partial charge in [0.1, 0.15) is 24.1 Å². The Morgan fingerprint density at radius 1 is 1.19 bits per heavy atom. The van der Waals surface area contributed by atoms with E-state index in [0.29, 0.717) is 29.2 Å². The lowest BCUT2D eigenvalue weighted by Gasteiger charge is -2.12. The van der Waals surface area contributed by atoms with Crippen LogP contribution >= 0.6 is 0 Å². The van der Waals surface area contributed by atoms with Gasteiger partial charge in [0.15, 0.2) is 0 Å². The Hall–Kier alpha value is -3.59. The highest BCUT2D eigenvalue weighted by Crippen LogP contribution is 2.22. The van der Waals surface area contributed by atoms with Crippen LogP contribution in [0.1, 0.15) is 22.5 Å². The van der Waals surface area contributed by atoms with Crippen molar-refractivity contribution in [2.45, 2.75) is 19.9 Å². The summed E-state index contributed by atoms with van der Waals surface area (Å²) in [4.78, 5) is 12.4. The number of carbonyl (C=O) groups excluding carboxylic acids is 1. The molecule has 136 valence electrons. The van der Waals surface area contributed by atoms with E-state index in [2.05, 4.69) is 11.4 Å². The van der Waals surface area contributed by atoms with E-state index in [4.69, 9.17) is 5.73 Å². The summed E-state index contributed by atoms with van der Waals surface area (Å²) < 4.78 is 14.6. The third-order valence-electron chi connectivity index (χ3n) is 4.28. The highest BCUT2D eigenvalue weighted by Gasteiger charge is 2.16. The van der Waals surface area contributed by atoms with Crippen molar-refractivity contribution in [1.29, 1.82) is 5.26 Å². The van der Waals surface area contributed by atoms with Crippen molar-refractivity contribution in [3.8, 4) is 6.07 Å². The Morgan fingerprint density at radius 2 is 1.85 bits per heavy atom. The number of nitrogens with two attached hydrogens (primary N) is 1. The molecule has 3 aromatic rings. The summed E-state index contributed by atoms with van der Waals surface area (Å²) in [5.41, 5.74) is 10.3. The number of benzene rings is 2. The molecule has 0 radical (unpaired) electrons. The second-order valence-electron chi connectivity index (χ2n) is 6.35. The van der Waals surface area contributed by atoms with Gasteiger partial charge in [0.25, 0.3) is 0 Å². The van der Waals surface area contributed by atoms with Crippen LogP contribution in [-0.2, 0) is 17.8 Å². The fourth-order valence-corrected chi connectivity index (χ4v) is 2.86. The normalized spacial score (nSPS) is 10.4. The molecule has 0 unspecified atom stereocenters. The van der Waals surface area contributed by atoms with Crippen molar-refractivity contribution in [3.05, 3.63) is 82.9 Å². The summed E-state index contributed by atoms with van der Waals surface area (Å²) in [5, 5.41) is 12.1. The number of aromatic nitrogens is 1. The molecule has 1 heterocycles. The summed E-state index contributed by atoms with van der Waals surface area (Å²) in [6, 6.07) is 17.2. The van der Waals surface area contributed by atoms with Gasteiger partial charge in [-0.1, -0.05) is 29.8 Å². The first-order valence-corrected chi connectivity index (χ1v) is 8.45. The smallest absolute Gasteiger partial charge is 0.244 e. The number of nitrogens with one attached hydrogen (secondary N) is 1. The highest BCUT2D eigenvalue weighted by atomic mass is 19.1. The molecule has 0 atom stereocenters. The minimum absolute atomic E-state index is 0.0569. The molecule has 6 heteroatoms. The SMILES string of the molecule is Cc1ccc(Cc2c(N)cc(C#N)n2CC(=O)Nc2ccc(F)cc2)cc1. The van der Waals surface area contributed by atoms with E-state index in [0.717, 1.165) is 11.1 Å². The Bertz CT molecular complexity index is 998. The highest BCUT2D eigenvalue weighted by molar-refractivity contribution is 5.90. The largest absolute Gasteiger partial charge is 0.397 e. The summed E-state index contributed by atoms with van der Waals surface area (Å²) in [7, 11) is 0. The van der Waals surface area contributed by atoms with Crippen LogP contribution in [0.15, 0.2) is 54.6 Å². The molecule has 0 bridgehead atoms. The lowest BCUT2D eigenvalue weighted by atomic mass is 10.1. The maximum absolute atomic E-state index is 13.0. The number of nitriles is 1. The minimum atomic E-state index is -0.377.